The molecule has 0 radical (unpaired) electrons. The fraction of sp³-hybridized carbons (Fsp3) is 0.400. The molecule has 0 spiro atoms. The Kier molecular flexibility index (Phi) is 4.47. The molecule has 1 aromatic rings. The number of halogens is 1. The first-order chi connectivity index (χ1) is 6.27. The molecule has 0 aliphatic rings. The fourth-order valence-corrected chi connectivity index (χ4v) is 2.38. The van der Waals surface area contributed by atoms with Gasteiger partial charge in [0.2, 0.25) is 0 Å². The first-order valence-electron chi connectivity index (χ1n) is 4.34. The van der Waals surface area contributed by atoms with E-state index in [4.69, 9.17) is 5.11 Å². The van der Waals surface area contributed by atoms with Crippen LogP contribution in [0.3, 0.4) is 0 Å². The third kappa shape index (κ3) is 3.13. The van der Waals surface area contributed by atoms with Gasteiger partial charge in [0.1, 0.15) is 0 Å². The van der Waals surface area contributed by atoms with Crippen LogP contribution < -0.4 is 0 Å². The van der Waals surface area contributed by atoms with Gasteiger partial charge in [-0.2, -0.15) is 0 Å². The van der Waals surface area contributed by atoms with Gasteiger partial charge in [-0.25, -0.2) is 0 Å². The third-order valence-corrected chi connectivity index (χ3v) is 3.30. The zero-order valence-corrected chi connectivity index (χ0v) is 9.83. The van der Waals surface area contributed by atoms with Crippen LogP contribution >= 0.6 is 0 Å². The second-order valence-electron chi connectivity index (χ2n) is 3.00. The van der Waals surface area contributed by atoms with Gasteiger partial charge in [-0.1, -0.05) is 0 Å². The molecule has 0 bridgehead atoms. The van der Waals surface area contributed by atoms with E-state index >= 15 is 0 Å². The average molecular weight is 244 g/mol. The Hall–Kier alpha value is -0.332. The van der Waals surface area contributed by atoms with Crippen LogP contribution in [-0.4, -0.2) is 28.6 Å². The molecule has 0 fully saturated rings. The number of hydrogen-bond donors (Lipinski definition) is 1. The van der Waals surface area contributed by atoms with E-state index in [-0.39, 0.29) is 12.4 Å². The molecule has 0 aliphatic heterocycles. The Morgan fingerprint density at radius 2 is 1.92 bits per heavy atom. The Morgan fingerprint density at radius 1 is 1.31 bits per heavy atom. The van der Waals surface area contributed by atoms with E-state index in [9.17, 15) is 4.39 Å². The van der Waals surface area contributed by atoms with Crippen molar-refractivity contribution in [2.24, 2.45) is 0 Å². The van der Waals surface area contributed by atoms with E-state index in [1.807, 2.05) is 0 Å². The van der Waals surface area contributed by atoms with E-state index in [2.05, 4.69) is 0 Å². The summed E-state index contributed by atoms with van der Waals surface area (Å²) in [4.78, 5) is 0. The molecule has 13 heavy (non-hydrogen) atoms. The zero-order chi connectivity index (χ0) is 9.68. The van der Waals surface area contributed by atoms with Crippen molar-refractivity contribution >= 4 is 16.9 Å². The first-order valence-corrected chi connectivity index (χ1v) is 6.05. The molecular formula is C10H14AsFO. The van der Waals surface area contributed by atoms with Crippen LogP contribution in [0, 0.1) is 5.82 Å². The van der Waals surface area contributed by atoms with Crippen LogP contribution in [0.25, 0.3) is 0 Å². The van der Waals surface area contributed by atoms with E-state index in [0.29, 0.717) is 5.92 Å². The molecule has 1 unspecified atom stereocenters. The standard InChI is InChI=1S/C10H14AsFO/c11-7-9(5-6-13)8-1-3-10(12)4-2-8/h1-4,9,13H,5-7,11H2/t9-/m1/s1. The summed E-state index contributed by atoms with van der Waals surface area (Å²) in [7, 11) is 0. The van der Waals surface area contributed by atoms with Crippen molar-refractivity contribution in [2.75, 3.05) is 6.61 Å². The number of aliphatic hydroxyl groups is 1. The van der Waals surface area contributed by atoms with Crippen molar-refractivity contribution in [1.29, 1.82) is 0 Å². The number of rotatable bonds is 4. The number of benzene rings is 1. The predicted molar refractivity (Wildman–Crippen MR) is 54.2 cm³/mol. The van der Waals surface area contributed by atoms with Crippen LogP contribution in [0.15, 0.2) is 24.3 Å². The Labute approximate surface area is 86.5 Å². The third-order valence-electron chi connectivity index (χ3n) is 2.10. The van der Waals surface area contributed by atoms with Gasteiger partial charge in [-0.05, 0) is 0 Å². The molecular weight excluding hydrogens is 230 g/mol. The summed E-state index contributed by atoms with van der Waals surface area (Å²) in [5, 5.41) is 9.86. The summed E-state index contributed by atoms with van der Waals surface area (Å²) >= 11 is 1.64. The van der Waals surface area contributed by atoms with Crippen molar-refractivity contribution in [3.63, 3.8) is 0 Å². The summed E-state index contributed by atoms with van der Waals surface area (Å²) in [5.74, 6) is 0.179. The SMILES string of the molecule is OCC[C@H](C[AsH2])c1ccc(F)cc1. The maximum absolute atomic E-state index is 12.6. The molecule has 0 aromatic heterocycles. The molecule has 0 amide bonds. The summed E-state index contributed by atoms with van der Waals surface area (Å²) < 4.78 is 12.6. The van der Waals surface area contributed by atoms with Crippen molar-refractivity contribution in [3.8, 4) is 0 Å². The monoisotopic (exact) mass is 244 g/mol. The number of aliphatic hydroxyl groups excluding tert-OH is 1. The summed E-state index contributed by atoms with van der Waals surface area (Å²) in [6.45, 7) is 0.200. The van der Waals surface area contributed by atoms with Gasteiger partial charge in [0.15, 0.2) is 0 Å². The van der Waals surface area contributed by atoms with Gasteiger partial charge in [-0.3, -0.25) is 0 Å². The average Bonchev–Trinajstić information content (AvgIpc) is 2.16. The minimum atomic E-state index is -0.201. The Morgan fingerprint density at radius 3 is 2.38 bits per heavy atom. The quantitative estimate of drug-likeness (QED) is 0.792. The summed E-state index contributed by atoms with van der Waals surface area (Å²) in [6, 6.07) is 6.55. The maximum atomic E-state index is 12.6. The van der Waals surface area contributed by atoms with Gasteiger partial charge < -0.3 is 0 Å². The molecule has 1 nitrogen and oxygen atoms in total. The van der Waals surface area contributed by atoms with Crippen LogP contribution in [0.2, 0.25) is 5.21 Å². The molecule has 1 N–H and O–H groups in total. The van der Waals surface area contributed by atoms with E-state index < -0.39 is 0 Å². The van der Waals surface area contributed by atoms with Crippen LogP contribution in [-0.2, 0) is 0 Å². The molecule has 0 heterocycles. The van der Waals surface area contributed by atoms with Gasteiger partial charge >= 0.3 is 86.2 Å². The Bertz CT molecular complexity index is 248. The van der Waals surface area contributed by atoms with Gasteiger partial charge in [-0.15, -0.1) is 0 Å². The van der Waals surface area contributed by atoms with Crippen molar-refractivity contribution in [3.05, 3.63) is 35.6 Å². The van der Waals surface area contributed by atoms with Gasteiger partial charge in [0.25, 0.3) is 0 Å². The molecule has 0 aliphatic carbocycles. The molecule has 72 valence electrons. The zero-order valence-electron chi connectivity index (χ0n) is 7.41. The minimum absolute atomic E-state index is 0.200. The molecule has 0 saturated carbocycles. The van der Waals surface area contributed by atoms with Crippen LogP contribution in [0.5, 0.6) is 0 Å². The fourth-order valence-electron chi connectivity index (χ4n) is 1.31. The second kappa shape index (κ2) is 5.41. The van der Waals surface area contributed by atoms with Crippen LogP contribution in [0.4, 0.5) is 4.39 Å². The van der Waals surface area contributed by atoms with Gasteiger partial charge in [0, 0.05) is 0 Å². The molecule has 1 aromatic carbocycles. The van der Waals surface area contributed by atoms with E-state index in [0.717, 1.165) is 17.2 Å². The van der Waals surface area contributed by atoms with E-state index in [1.54, 1.807) is 29.0 Å². The second-order valence-corrected chi connectivity index (χ2v) is 3.99. The van der Waals surface area contributed by atoms with Crippen molar-refractivity contribution < 1.29 is 9.50 Å². The molecule has 3 heteroatoms. The molecule has 1 rings (SSSR count). The number of hydrogen-bond acceptors (Lipinski definition) is 1. The predicted octanol–water partition coefficient (Wildman–Crippen LogP) is 1.34. The Balaban J connectivity index is 2.73. The van der Waals surface area contributed by atoms with Crippen molar-refractivity contribution in [2.45, 2.75) is 17.5 Å². The topological polar surface area (TPSA) is 20.2 Å². The normalized spacial score (nSPS) is 12.8. The molecule has 0 saturated heterocycles. The summed E-state index contributed by atoms with van der Waals surface area (Å²) in [5.41, 5.74) is 1.12. The van der Waals surface area contributed by atoms with Gasteiger partial charge in [0.05, 0.1) is 0 Å². The molecule has 2 atom stereocenters. The summed E-state index contributed by atoms with van der Waals surface area (Å²) in [6.07, 6.45) is 0.768. The van der Waals surface area contributed by atoms with Crippen molar-refractivity contribution in [1.82, 2.24) is 0 Å². The first kappa shape index (κ1) is 10.7. The van der Waals surface area contributed by atoms with E-state index in [1.165, 1.54) is 12.1 Å². The van der Waals surface area contributed by atoms with Crippen LogP contribution in [0.1, 0.15) is 17.9 Å².